The molecule has 0 unspecified atom stereocenters. The summed E-state index contributed by atoms with van der Waals surface area (Å²) in [4.78, 5) is 4.53. The quantitative estimate of drug-likeness (QED) is 0.736. The molecular formula is C17H14ClN3O2. The molecule has 0 bridgehead atoms. The first-order chi connectivity index (χ1) is 11.2. The summed E-state index contributed by atoms with van der Waals surface area (Å²) >= 11 is 6.25. The highest BCUT2D eigenvalue weighted by Gasteiger charge is 2.19. The van der Waals surface area contributed by atoms with E-state index in [1.54, 1.807) is 0 Å². The van der Waals surface area contributed by atoms with Crippen LogP contribution in [0.3, 0.4) is 0 Å². The lowest BCUT2D eigenvalue weighted by Gasteiger charge is -2.08. The summed E-state index contributed by atoms with van der Waals surface area (Å²) < 4.78 is 12.6. The molecule has 0 saturated heterocycles. The SMILES string of the molecule is Cc1nc(-c2ccccc2)n(Cc2cc(Cl)c3c(c2)OCO3)n1. The molecular weight excluding hydrogens is 314 g/mol. The molecule has 23 heavy (non-hydrogen) atoms. The molecule has 116 valence electrons. The van der Waals surface area contributed by atoms with Crippen molar-refractivity contribution in [1.29, 1.82) is 0 Å². The first-order valence-electron chi connectivity index (χ1n) is 7.25. The third kappa shape index (κ3) is 2.64. The lowest BCUT2D eigenvalue weighted by Crippen LogP contribution is -2.04. The summed E-state index contributed by atoms with van der Waals surface area (Å²) in [6.45, 7) is 2.65. The first kappa shape index (κ1) is 14.1. The number of hydrogen-bond donors (Lipinski definition) is 0. The van der Waals surface area contributed by atoms with Crippen LogP contribution in [0.1, 0.15) is 11.4 Å². The predicted molar refractivity (Wildman–Crippen MR) is 86.9 cm³/mol. The van der Waals surface area contributed by atoms with Crippen LogP contribution in [0.4, 0.5) is 0 Å². The van der Waals surface area contributed by atoms with Crippen LogP contribution >= 0.6 is 11.6 Å². The van der Waals surface area contributed by atoms with E-state index in [4.69, 9.17) is 21.1 Å². The summed E-state index contributed by atoms with van der Waals surface area (Å²) in [5.74, 6) is 2.84. The molecule has 2 aromatic carbocycles. The van der Waals surface area contributed by atoms with Crippen LogP contribution in [-0.4, -0.2) is 21.6 Å². The van der Waals surface area contributed by atoms with Gasteiger partial charge in [0, 0.05) is 5.56 Å². The first-order valence-corrected chi connectivity index (χ1v) is 7.63. The van der Waals surface area contributed by atoms with Crippen LogP contribution in [0.2, 0.25) is 5.02 Å². The number of ether oxygens (including phenoxy) is 2. The Kier molecular flexibility index (Phi) is 3.42. The fraction of sp³-hybridized carbons (Fsp3) is 0.176. The maximum absolute atomic E-state index is 6.25. The largest absolute Gasteiger partial charge is 0.454 e. The lowest BCUT2D eigenvalue weighted by molar-refractivity contribution is 0.174. The molecule has 0 radical (unpaired) electrons. The van der Waals surface area contributed by atoms with Crippen LogP contribution in [0.25, 0.3) is 11.4 Å². The van der Waals surface area contributed by atoms with E-state index in [2.05, 4.69) is 10.1 Å². The maximum atomic E-state index is 6.25. The summed E-state index contributed by atoms with van der Waals surface area (Å²) in [6.07, 6.45) is 0. The van der Waals surface area contributed by atoms with Crippen molar-refractivity contribution in [3.05, 3.63) is 58.9 Å². The number of hydrogen-bond acceptors (Lipinski definition) is 4. The normalized spacial score (nSPS) is 12.6. The molecule has 2 heterocycles. The van der Waals surface area contributed by atoms with Crippen LogP contribution in [-0.2, 0) is 6.54 Å². The smallest absolute Gasteiger partial charge is 0.231 e. The van der Waals surface area contributed by atoms with E-state index in [1.807, 2.05) is 54.1 Å². The predicted octanol–water partition coefficient (Wildman–Crippen LogP) is 3.68. The molecule has 0 spiro atoms. The molecule has 0 saturated carbocycles. The molecule has 0 N–H and O–H groups in total. The van der Waals surface area contributed by atoms with Crippen molar-refractivity contribution in [2.24, 2.45) is 0 Å². The van der Waals surface area contributed by atoms with E-state index < -0.39 is 0 Å². The Labute approximate surface area is 138 Å². The van der Waals surface area contributed by atoms with Gasteiger partial charge < -0.3 is 9.47 Å². The van der Waals surface area contributed by atoms with E-state index in [-0.39, 0.29) is 6.79 Å². The van der Waals surface area contributed by atoms with Gasteiger partial charge in [-0.25, -0.2) is 9.67 Å². The van der Waals surface area contributed by atoms with E-state index in [0.29, 0.717) is 23.1 Å². The van der Waals surface area contributed by atoms with Gasteiger partial charge >= 0.3 is 0 Å². The van der Waals surface area contributed by atoms with E-state index in [1.165, 1.54) is 0 Å². The molecule has 6 heteroatoms. The molecule has 0 amide bonds. The number of halogens is 1. The second kappa shape index (κ2) is 5.59. The number of aryl methyl sites for hydroxylation is 1. The average molecular weight is 328 g/mol. The van der Waals surface area contributed by atoms with Gasteiger partial charge in [0.15, 0.2) is 17.3 Å². The van der Waals surface area contributed by atoms with Gasteiger partial charge in [-0.05, 0) is 24.6 Å². The van der Waals surface area contributed by atoms with Gasteiger partial charge in [-0.15, -0.1) is 0 Å². The van der Waals surface area contributed by atoms with Crippen LogP contribution in [0.15, 0.2) is 42.5 Å². The highest BCUT2D eigenvalue weighted by molar-refractivity contribution is 6.32. The lowest BCUT2D eigenvalue weighted by atomic mass is 10.2. The Hall–Kier alpha value is -2.53. The number of aromatic nitrogens is 3. The zero-order chi connectivity index (χ0) is 15.8. The topological polar surface area (TPSA) is 49.2 Å². The van der Waals surface area contributed by atoms with Gasteiger partial charge in [0.2, 0.25) is 6.79 Å². The fourth-order valence-electron chi connectivity index (χ4n) is 2.65. The standard InChI is InChI=1S/C17H14ClN3O2/c1-11-19-17(13-5-3-2-4-6-13)21(20-11)9-12-7-14(18)16-15(8-12)22-10-23-16/h2-8H,9-10H2,1H3. The van der Waals surface area contributed by atoms with Crippen LogP contribution < -0.4 is 9.47 Å². The van der Waals surface area contributed by atoms with E-state index in [9.17, 15) is 0 Å². The molecule has 0 aliphatic carbocycles. The summed E-state index contributed by atoms with van der Waals surface area (Å²) in [5, 5.41) is 5.05. The zero-order valence-electron chi connectivity index (χ0n) is 12.5. The highest BCUT2D eigenvalue weighted by Crippen LogP contribution is 2.40. The number of fused-ring (bicyclic) bond motifs is 1. The van der Waals surface area contributed by atoms with Crippen molar-refractivity contribution in [1.82, 2.24) is 14.8 Å². The second-order valence-corrected chi connectivity index (χ2v) is 5.72. The molecule has 1 aliphatic heterocycles. The average Bonchev–Trinajstić information content (AvgIpc) is 3.15. The minimum absolute atomic E-state index is 0.205. The molecule has 3 aromatic rings. The third-order valence-electron chi connectivity index (χ3n) is 3.63. The Morgan fingerprint density at radius 3 is 2.83 bits per heavy atom. The molecule has 0 atom stereocenters. The van der Waals surface area contributed by atoms with Crippen molar-refractivity contribution in [3.8, 4) is 22.9 Å². The summed E-state index contributed by atoms with van der Waals surface area (Å²) in [6, 6.07) is 13.8. The Balaban J connectivity index is 1.72. The van der Waals surface area contributed by atoms with E-state index >= 15 is 0 Å². The number of nitrogens with zero attached hydrogens (tertiary/aromatic N) is 3. The number of benzene rings is 2. The zero-order valence-corrected chi connectivity index (χ0v) is 13.2. The Morgan fingerprint density at radius 2 is 2.00 bits per heavy atom. The van der Waals surface area contributed by atoms with Gasteiger partial charge in [0.25, 0.3) is 0 Å². The summed E-state index contributed by atoms with van der Waals surface area (Å²) in [5.41, 5.74) is 2.02. The van der Waals surface area contributed by atoms with Gasteiger partial charge in [-0.1, -0.05) is 41.9 Å². The Bertz CT molecular complexity index is 862. The highest BCUT2D eigenvalue weighted by atomic mass is 35.5. The van der Waals surface area contributed by atoms with Crippen LogP contribution in [0, 0.1) is 6.92 Å². The maximum Gasteiger partial charge on any atom is 0.231 e. The monoisotopic (exact) mass is 327 g/mol. The van der Waals surface area contributed by atoms with Gasteiger partial charge in [-0.2, -0.15) is 5.10 Å². The molecule has 4 rings (SSSR count). The third-order valence-corrected chi connectivity index (χ3v) is 3.91. The van der Waals surface area contributed by atoms with Crippen molar-refractivity contribution >= 4 is 11.6 Å². The fourth-order valence-corrected chi connectivity index (χ4v) is 2.94. The van der Waals surface area contributed by atoms with Crippen LogP contribution in [0.5, 0.6) is 11.5 Å². The number of rotatable bonds is 3. The van der Waals surface area contributed by atoms with Gasteiger partial charge in [0.1, 0.15) is 5.82 Å². The van der Waals surface area contributed by atoms with E-state index in [0.717, 1.165) is 22.8 Å². The van der Waals surface area contributed by atoms with Gasteiger partial charge in [-0.3, -0.25) is 0 Å². The minimum Gasteiger partial charge on any atom is -0.454 e. The molecule has 5 nitrogen and oxygen atoms in total. The molecule has 1 aromatic heterocycles. The molecule has 0 fully saturated rings. The molecule has 1 aliphatic rings. The Morgan fingerprint density at radius 1 is 1.17 bits per heavy atom. The van der Waals surface area contributed by atoms with Crippen molar-refractivity contribution in [2.75, 3.05) is 6.79 Å². The summed E-state index contributed by atoms with van der Waals surface area (Å²) in [7, 11) is 0. The van der Waals surface area contributed by atoms with Crippen molar-refractivity contribution in [3.63, 3.8) is 0 Å². The van der Waals surface area contributed by atoms with Crippen molar-refractivity contribution in [2.45, 2.75) is 13.5 Å². The van der Waals surface area contributed by atoms with Gasteiger partial charge in [0.05, 0.1) is 11.6 Å². The van der Waals surface area contributed by atoms with Crippen molar-refractivity contribution < 1.29 is 9.47 Å². The minimum atomic E-state index is 0.205. The second-order valence-electron chi connectivity index (χ2n) is 5.32.